The lowest BCUT2D eigenvalue weighted by Crippen LogP contribution is -2.22. The minimum Gasteiger partial charge on any atom is -0.478 e. The average Bonchev–Trinajstić information content (AvgIpc) is 2.48. The number of nitrogens with zero attached hydrogens (tertiary/aromatic N) is 1. The molecule has 0 spiro atoms. The molecule has 0 unspecified atom stereocenters. The molecule has 0 aliphatic heterocycles. The van der Waals surface area contributed by atoms with Crippen molar-refractivity contribution in [1.82, 2.24) is 4.90 Å². The molecule has 21 heavy (non-hydrogen) atoms. The van der Waals surface area contributed by atoms with Gasteiger partial charge in [-0.15, -0.1) is 12.4 Å². The minimum atomic E-state index is -0.881. The standard InChI is InChI=1S/C17H19NO2.ClH/c1-2-18(12-14-6-4-3-5-7-14)13-15-8-10-16(11-9-15)17(19)20;/h3-11H,2,12-13H2,1H3,(H,19,20);1H. The number of carbonyl (C=O) groups is 1. The van der Waals surface area contributed by atoms with Crippen molar-refractivity contribution in [2.24, 2.45) is 0 Å². The average molecular weight is 306 g/mol. The maximum Gasteiger partial charge on any atom is 0.335 e. The van der Waals surface area contributed by atoms with Crippen molar-refractivity contribution in [2.45, 2.75) is 20.0 Å². The second-order valence-corrected chi connectivity index (χ2v) is 4.79. The zero-order valence-corrected chi connectivity index (χ0v) is 12.8. The van der Waals surface area contributed by atoms with Crippen LogP contribution in [0.3, 0.4) is 0 Å². The quantitative estimate of drug-likeness (QED) is 0.882. The van der Waals surface area contributed by atoms with Gasteiger partial charge in [-0.25, -0.2) is 4.79 Å². The fourth-order valence-electron chi connectivity index (χ4n) is 2.13. The van der Waals surface area contributed by atoms with E-state index in [9.17, 15) is 4.79 Å². The number of aromatic carboxylic acids is 1. The van der Waals surface area contributed by atoms with Crippen molar-refractivity contribution in [3.05, 3.63) is 71.3 Å². The molecule has 2 aromatic rings. The second kappa shape index (κ2) is 8.45. The van der Waals surface area contributed by atoms with Crippen LogP contribution in [0.1, 0.15) is 28.4 Å². The molecule has 1 N–H and O–H groups in total. The lowest BCUT2D eigenvalue weighted by atomic mass is 10.1. The third-order valence-corrected chi connectivity index (χ3v) is 3.30. The molecule has 0 saturated carbocycles. The summed E-state index contributed by atoms with van der Waals surface area (Å²) in [4.78, 5) is 13.1. The van der Waals surface area contributed by atoms with Crippen LogP contribution in [0.4, 0.5) is 0 Å². The van der Waals surface area contributed by atoms with Crippen LogP contribution in [0.5, 0.6) is 0 Å². The highest BCUT2D eigenvalue weighted by molar-refractivity contribution is 5.87. The van der Waals surface area contributed by atoms with E-state index in [1.54, 1.807) is 12.1 Å². The third-order valence-electron chi connectivity index (χ3n) is 3.30. The lowest BCUT2D eigenvalue weighted by Gasteiger charge is -2.20. The fourth-order valence-corrected chi connectivity index (χ4v) is 2.13. The van der Waals surface area contributed by atoms with E-state index in [-0.39, 0.29) is 12.4 Å². The van der Waals surface area contributed by atoms with Gasteiger partial charge in [0.05, 0.1) is 5.56 Å². The van der Waals surface area contributed by atoms with Crippen molar-refractivity contribution in [3.63, 3.8) is 0 Å². The summed E-state index contributed by atoms with van der Waals surface area (Å²) in [6.45, 7) is 4.81. The smallest absolute Gasteiger partial charge is 0.335 e. The van der Waals surface area contributed by atoms with Crippen LogP contribution < -0.4 is 0 Å². The molecule has 0 atom stereocenters. The third kappa shape index (κ3) is 5.21. The Balaban J connectivity index is 0.00000220. The largest absolute Gasteiger partial charge is 0.478 e. The monoisotopic (exact) mass is 305 g/mol. The van der Waals surface area contributed by atoms with E-state index in [0.29, 0.717) is 5.56 Å². The van der Waals surface area contributed by atoms with E-state index in [0.717, 1.165) is 25.2 Å². The number of rotatable bonds is 6. The highest BCUT2D eigenvalue weighted by Gasteiger charge is 2.06. The van der Waals surface area contributed by atoms with Crippen molar-refractivity contribution in [1.29, 1.82) is 0 Å². The zero-order valence-electron chi connectivity index (χ0n) is 12.0. The van der Waals surface area contributed by atoms with E-state index in [2.05, 4.69) is 24.0 Å². The van der Waals surface area contributed by atoms with Gasteiger partial charge in [0.2, 0.25) is 0 Å². The summed E-state index contributed by atoms with van der Waals surface area (Å²) in [7, 11) is 0. The Morgan fingerprint density at radius 3 is 1.95 bits per heavy atom. The van der Waals surface area contributed by atoms with Gasteiger partial charge in [-0.1, -0.05) is 49.4 Å². The predicted octanol–water partition coefficient (Wildman–Crippen LogP) is 3.83. The Hall–Kier alpha value is -1.84. The Morgan fingerprint density at radius 1 is 0.952 bits per heavy atom. The first kappa shape index (κ1) is 17.2. The van der Waals surface area contributed by atoms with Crippen molar-refractivity contribution < 1.29 is 9.90 Å². The molecule has 2 rings (SSSR count). The molecule has 4 heteroatoms. The van der Waals surface area contributed by atoms with Gasteiger partial charge in [0.25, 0.3) is 0 Å². The summed E-state index contributed by atoms with van der Waals surface area (Å²) in [5, 5.41) is 8.89. The first-order chi connectivity index (χ1) is 9.69. The highest BCUT2D eigenvalue weighted by atomic mass is 35.5. The van der Waals surface area contributed by atoms with Gasteiger partial charge < -0.3 is 5.11 Å². The van der Waals surface area contributed by atoms with Crippen LogP contribution >= 0.6 is 12.4 Å². The van der Waals surface area contributed by atoms with E-state index < -0.39 is 5.97 Å². The summed E-state index contributed by atoms with van der Waals surface area (Å²) in [6.07, 6.45) is 0. The van der Waals surface area contributed by atoms with Crippen molar-refractivity contribution in [3.8, 4) is 0 Å². The molecule has 0 aliphatic rings. The lowest BCUT2D eigenvalue weighted by molar-refractivity contribution is 0.0697. The Bertz CT molecular complexity index is 555. The van der Waals surface area contributed by atoms with E-state index in [1.807, 2.05) is 30.3 Å². The molecule has 2 aromatic carbocycles. The Labute approximate surface area is 131 Å². The normalized spacial score (nSPS) is 10.2. The summed E-state index contributed by atoms with van der Waals surface area (Å²) >= 11 is 0. The van der Waals surface area contributed by atoms with Crippen LogP contribution in [0.2, 0.25) is 0 Å². The molecular formula is C17H20ClNO2. The molecular weight excluding hydrogens is 286 g/mol. The van der Waals surface area contributed by atoms with E-state index >= 15 is 0 Å². The van der Waals surface area contributed by atoms with Crippen LogP contribution in [0, 0.1) is 0 Å². The fraction of sp³-hybridized carbons (Fsp3) is 0.235. The molecule has 3 nitrogen and oxygen atoms in total. The molecule has 0 heterocycles. The highest BCUT2D eigenvalue weighted by Crippen LogP contribution is 2.11. The summed E-state index contributed by atoms with van der Waals surface area (Å²) in [5.74, 6) is -0.881. The van der Waals surface area contributed by atoms with Gasteiger partial charge in [-0.3, -0.25) is 4.90 Å². The Kier molecular flexibility index (Phi) is 6.92. The molecule has 0 fully saturated rings. The number of halogens is 1. The number of benzene rings is 2. The van der Waals surface area contributed by atoms with Crippen molar-refractivity contribution in [2.75, 3.05) is 6.54 Å². The molecule has 112 valence electrons. The summed E-state index contributed by atoms with van der Waals surface area (Å²) in [5.41, 5.74) is 2.75. The maximum absolute atomic E-state index is 10.8. The number of hydrogen-bond acceptors (Lipinski definition) is 2. The van der Waals surface area contributed by atoms with E-state index in [4.69, 9.17) is 5.11 Å². The SMILES string of the molecule is CCN(Cc1ccccc1)Cc1ccc(C(=O)O)cc1.Cl. The van der Waals surface area contributed by atoms with Gasteiger partial charge in [0.15, 0.2) is 0 Å². The van der Waals surface area contributed by atoms with Gasteiger partial charge in [0, 0.05) is 13.1 Å². The molecule has 0 radical (unpaired) electrons. The van der Waals surface area contributed by atoms with Gasteiger partial charge in [-0.2, -0.15) is 0 Å². The number of hydrogen-bond donors (Lipinski definition) is 1. The van der Waals surface area contributed by atoms with Gasteiger partial charge in [0.1, 0.15) is 0 Å². The first-order valence-corrected chi connectivity index (χ1v) is 6.77. The number of carboxylic acids is 1. The number of carboxylic acid groups (broad SMARTS) is 1. The summed E-state index contributed by atoms with van der Waals surface area (Å²) in [6, 6.07) is 17.4. The second-order valence-electron chi connectivity index (χ2n) is 4.79. The van der Waals surface area contributed by atoms with Crippen LogP contribution in [0.15, 0.2) is 54.6 Å². The minimum absolute atomic E-state index is 0. The van der Waals surface area contributed by atoms with Crippen LogP contribution in [-0.2, 0) is 13.1 Å². The van der Waals surface area contributed by atoms with Gasteiger partial charge >= 0.3 is 5.97 Å². The topological polar surface area (TPSA) is 40.5 Å². The molecule has 0 amide bonds. The van der Waals surface area contributed by atoms with E-state index in [1.165, 1.54) is 5.56 Å². The van der Waals surface area contributed by atoms with Crippen LogP contribution in [-0.4, -0.2) is 22.5 Å². The van der Waals surface area contributed by atoms with Crippen LogP contribution in [0.25, 0.3) is 0 Å². The zero-order chi connectivity index (χ0) is 14.4. The predicted molar refractivity (Wildman–Crippen MR) is 86.9 cm³/mol. The molecule has 0 bridgehead atoms. The Morgan fingerprint density at radius 2 is 1.48 bits per heavy atom. The molecule has 0 aliphatic carbocycles. The summed E-state index contributed by atoms with van der Waals surface area (Å²) < 4.78 is 0. The first-order valence-electron chi connectivity index (χ1n) is 6.77. The molecule has 0 aromatic heterocycles. The van der Waals surface area contributed by atoms with Crippen molar-refractivity contribution >= 4 is 18.4 Å². The molecule has 0 saturated heterocycles. The maximum atomic E-state index is 10.8. The van der Waals surface area contributed by atoms with Gasteiger partial charge in [-0.05, 0) is 29.8 Å².